The molecule has 0 fully saturated rings. The second-order valence-corrected chi connectivity index (χ2v) is 4.66. The summed E-state index contributed by atoms with van der Waals surface area (Å²) in [6, 6.07) is 8.73. The van der Waals surface area contributed by atoms with Crippen molar-refractivity contribution >= 4 is 23.0 Å². The third-order valence-corrected chi connectivity index (χ3v) is 2.91. The number of nitrogens with one attached hydrogen (secondary N) is 2. The highest BCUT2D eigenvalue weighted by Crippen LogP contribution is 2.23. The number of anilines is 2. The first-order chi connectivity index (χ1) is 11.0. The lowest BCUT2D eigenvalue weighted by Gasteiger charge is -2.08. The molecule has 1 amide bonds. The number of nitro benzene ring substituents is 1. The normalized spacial score (nSPS) is 10.2. The summed E-state index contributed by atoms with van der Waals surface area (Å²) in [5.41, 5.74) is 0.209. The smallest absolute Gasteiger partial charge is 0.292 e. The van der Waals surface area contributed by atoms with Gasteiger partial charge in [-0.25, -0.2) is 8.78 Å². The highest BCUT2D eigenvalue weighted by atomic mass is 19.1. The van der Waals surface area contributed by atoms with Crippen LogP contribution in [0.25, 0.3) is 0 Å². The maximum atomic E-state index is 13.0. The molecule has 0 spiro atoms. The monoisotopic (exact) mass is 321 g/mol. The average molecular weight is 321 g/mol. The van der Waals surface area contributed by atoms with Crippen LogP contribution in [0.1, 0.15) is 6.42 Å². The maximum Gasteiger partial charge on any atom is 0.292 e. The Balaban J connectivity index is 1.89. The predicted molar refractivity (Wildman–Crippen MR) is 81.2 cm³/mol. The van der Waals surface area contributed by atoms with Crippen molar-refractivity contribution in [2.75, 3.05) is 17.2 Å². The molecule has 2 aromatic rings. The second kappa shape index (κ2) is 7.30. The lowest BCUT2D eigenvalue weighted by molar-refractivity contribution is -0.384. The van der Waals surface area contributed by atoms with Gasteiger partial charge < -0.3 is 10.6 Å². The summed E-state index contributed by atoms with van der Waals surface area (Å²) < 4.78 is 26.0. The van der Waals surface area contributed by atoms with Crippen LogP contribution >= 0.6 is 0 Å². The molecular formula is C15H13F2N3O3. The molecule has 0 bridgehead atoms. The fourth-order valence-corrected chi connectivity index (χ4v) is 1.94. The van der Waals surface area contributed by atoms with Gasteiger partial charge in [-0.2, -0.15) is 0 Å². The summed E-state index contributed by atoms with van der Waals surface area (Å²) in [6.07, 6.45) is -0.0236. The van der Waals surface area contributed by atoms with Gasteiger partial charge in [0.05, 0.1) is 4.92 Å². The number of hydrogen-bond donors (Lipinski definition) is 2. The molecule has 0 aliphatic heterocycles. The van der Waals surface area contributed by atoms with Crippen molar-refractivity contribution in [1.29, 1.82) is 0 Å². The SMILES string of the molecule is O=C(CCNc1ccccc1[N+](=O)[O-])Nc1cc(F)cc(F)c1. The van der Waals surface area contributed by atoms with Gasteiger partial charge >= 0.3 is 0 Å². The number of hydrogen-bond acceptors (Lipinski definition) is 4. The maximum absolute atomic E-state index is 13.0. The van der Waals surface area contributed by atoms with Crippen molar-refractivity contribution in [2.45, 2.75) is 6.42 Å². The molecule has 8 heteroatoms. The zero-order valence-corrected chi connectivity index (χ0v) is 11.9. The molecule has 0 radical (unpaired) electrons. The van der Waals surface area contributed by atoms with Crippen LogP contribution in [0.5, 0.6) is 0 Å². The predicted octanol–water partition coefficient (Wildman–Crippen LogP) is 3.31. The van der Waals surface area contributed by atoms with Crippen molar-refractivity contribution in [3.8, 4) is 0 Å². The van der Waals surface area contributed by atoms with Crippen molar-refractivity contribution < 1.29 is 18.5 Å². The molecule has 0 aliphatic carbocycles. The molecule has 120 valence electrons. The Bertz CT molecular complexity index is 717. The molecule has 6 nitrogen and oxygen atoms in total. The van der Waals surface area contributed by atoms with Crippen LogP contribution < -0.4 is 10.6 Å². The number of rotatable bonds is 6. The molecule has 2 aromatic carbocycles. The lowest BCUT2D eigenvalue weighted by atomic mass is 10.2. The van der Waals surface area contributed by atoms with Crippen molar-refractivity contribution in [3.63, 3.8) is 0 Å². The zero-order valence-electron chi connectivity index (χ0n) is 11.9. The Labute approximate surface area is 130 Å². The Kier molecular flexibility index (Phi) is 5.19. The summed E-state index contributed by atoms with van der Waals surface area (Å²) in [5.74, 6) is -2.06. The number of amides is 1. The molecule has 2 rings (SSSR count). The van der Waals surface area contributed by atoms with Crippen molar-refractivity contribution in [1.82, 2.24) is 0 Å². The zero-order chi connectivity index (χ0) is 16.8. The summed E-state index contributed by atoms with van der Waals surface area (Å²) in [4.78, 5) is 22.0. The highest BCUT2D eigenvalue weighted by molar-refractivity contribution is 5.91. The number of carbonyl (C=O) groups excluding carboxylic acids is 1. The number of nitro groups is 1. The Morgan fingerprint density at radius 2 is 1.78 bits per heavy atom. The fourth-order valence-electron chi connectivity index (χ4n) is 1.94. The Morgan fingerprint density at radius 1 is 1.13 bits per heavy atom. The molecule has 2 N–H and O–H groups in total. The summed E-state index contributed by atoms with van der Waals surface area (Å²) >= 11 is 0. The van der Waals surface area contributed by atoms with Gasteiger partial charge in [0.2, 0.25) is 5.91 Å². The van der Waals surface area contributed by atoms with Gasteiger partial charge in [0.15, 0.2) is 0 Å². The fraction of sp³-hybridized carbons (Fsp3) is 0.133. The van der Waals surface area contributed by atoms with Crippen LogP contribution in [0.4, 0.5) is 25.8 Å². The minimum atomic E-state index is -0.793. The number of benzene rings is 2. The van der Waals surface area contributed by atoms with Crippen molar-refractivity contribution in [2.24, 2.45) is 0 Å². The quantitative estimate of drug-likeness (QED) is 0.631. The molecule has 0 atom stereocenters. The van der Waals surface area contributed by atoms with Gasteiger partial charge in [-0.1, -0.05) is 12.1 Å². The first-order valence-electron chi connectivity index (χ1n) is 6.69. The van der Waals surface area contributed by atoms with Gasteiger partial charge in [-0.3, -0.25) is 14.9 Å². The van der Waals surface area contributed by atoms with Gasteiger partial charge in [0, 0.05) is 30.8 Å². The highest BCUT2D eigenvalue weighted by Gasteiger charge is 2.12. The lowest BCUT2D eigenvalue weighted by Crippen LogP contribution is -2.16. The van der Waals surface area contributed by atoms with E-state index in [2.05, 4.69) is 10.6 Å². The summed E-state index contributed by atoms with van der Waals surface area (Å²) in [7, 11) is 0. The Morgan fingerprint density at radius 3 is 2.43 bits per heavy atom. The topological polar surface area (TPSA) is 84.3 Å². The number of para-hydroxylation sites is 2. The first-order valence-corrected chi connectivity index (χ1v) is 6.69. The van der Waals surface area contributed by atoms with E-state index in [0.29, 0.717) is 11.8 Å². The van der Waals surface area contributed by atoms with Gasteiger partial charge in [0.25, 0.3) is 5.69 Å². The number of halogens is 2. The minimum absolute atomic E-state index is 0.0122. The Hall–Kier alpha value is -3.03. The van der Waals surface area contributed by atoms with E-state index in [9.17, 15) is 23.7 Å². The largest absolute Gasteiger partial charge is 0.379 e. The molecule has 23 heavy (non-hydrogen) atoms. The van der Waals surface area contributed by atoms with Gasteiger partial charge in [0.1, 0.15) is 17.3 Å². The van der Waals surface area contributed by atoms with Crippen LogP contribution in [0.15, 0.2) is 42.5 Å². The summed E-state index contributed by atoms with van der Waals surface area (Å²) in [6.45, 7) is 0.133. The molecule has 0 aliphatic rings. The van der Waals surface area contributed by atoms with Crippen LogP contribution in [-0.4, -0.2) is 17.4 Å². The van der Waals surface area contributed by atoms with Crippen molar-refractivity contribution in [3.05, 3.63) is 64.2 Å². The van der Waals surface area contributed by atoms with Crippen LogP contribution in [0.3, 0.4) is 0 Å². The van der Waals surface area contributed by atoms with Crippen LogP contribution in [-0.2, 0) is 4.79 Å². The van der Waals surface area contributed by atoms with E-state index >= 15 is 0 Å². The third kappa shape index (κ3) is 4.73. The first kappa shape index (κ1) is 16.3. The summed E-state index contributed by atoms with van der Waals surface area (Å²) in [5, 5.41) is 16.0. The van der Waals surface area contributed by atoms with E-state index < -0.39 is 22.5 Å². The standard InChI is InChI=1S/C15H13F2N3O3/c16-10-7-11(17)9-12(8-10)19-15(21)5-6-18-13-3-1-2-4-14(13)20(22)23/h1-4,7-9,18H,5-6H2,(H,19,21). The van der Waals surface area contributed by atoms with Crippen LogP contribution in [0, 0.1) is 21.7 Å². The third-order valence-electron chi connectivity index (χ3n) is 2.91. The molecule has 0 unspecified atom stereocenters. The number of nitrogens with zero attached hydrogens (tertiary/aromatic N) is 1. The van der Waals surface area contributed by atoms with Gasteiger partial charge in [-0.15, -0.1) is 0 Å². The number of carbonyl (C=O) groups is 1. The van der Waals surface area contributed by atoms with E-state index in [4.69, 9.17) is 0 Å². The average Bonchev–Trinajstić information content (AvgIpc) is 2.46. The molecule has 0 heterocycles. The van der Waals surface area contributed by atoms with E-state index in [-0.39, 0.29) is 24.3 Å². The minimum Gasteiger partial charge on any atom is -0.379 e. The van der Waals surface area contributed by atoms with Gasteiger partial charge in [-0.05, 0) is 18.2 Å². The van der Waals surface area contributed by atoms with E-state index in [1.807, 2.05) is 0 Å². The van der Waals surface area contributed by atoms with Crippen LogP contribution in [0.2, 0.25) is 0 Å². The van der Waals surface area contributed by atoms with E-state index in [1.165, 1.54) is 18.2 Å². The second-order valence-electron chi connectivity index (χ2n) is 4.66. The molecule has 0 saturated heterocycles. The molecule has 0 saturated carbocycles. The molecule has 0 aromatic heterocycles. The molecular weight excluding hydrogens is 308 g/mol. The van der Waals surface area contributed by atoms with E-state index in [0.717, 1.165) is 12.1 Å². The van der Waals surface area contributed by atoms with E-state index in [1.54, 1.807) is 6.07 Å².